The highest BCUT2D eigenvalue weighted by Gasteiger charge is 2.42. The van der Waals surface area contributed by atoms with E-state index < -0.39 is 46.3 Å². The summed E-state index contributed by atoms with van der Waals surface area (Å²) >= 11 is 0. The number of carboxylic acids is 1. The summed E-state index contributed by atoms with van der Waals surface area (Å²) in [6.07, 6.45) is -4.37. The molecule has 0 spiro atoms. The fourth-order valence-corrected chi connectivity index (χ4v) is 6.47. The van der Waals surface area contributed by atoms with Crippen LogP contribution in [0.4, 0.5) is 18.9 Å². The zero-order valence-electron chi connectivity index (χ0n) is 22.4. The van der Waals surface area contributed by atoms with Gasteiger partial charge in [0.25, 0.3) is 10.0 Å². The molecule has 0 aliphatic carbocycles. The van der Waals surface area contributed by atoms with Crippen LogP contribution < -0.4 is 14.4 Å². The molecule has 43 heavy (non-hydrogen) atoms. The first-order chi connectivity index (χ1) is 20.4. The van der Waals surface area contributed by atoms with Gasteiger partial charge in [-0.1, -0.05) is 54.6 Å². The number of hydrogen-bond donors (Lipinski definition) is 2. The molecular formula is C31H25F3N2O6S. The molecule has 0 radical (unpaired) electrons. The number of amides is 1. The Labute approximate surface area is 245 Å². The van der Waals surface area contributed by atoms with Crippen molar-refractivity contribution in [2.75, 3.05) is 10.9 Å². The normalized spacial score (nSPS) is 14.7. The molecule has 4 aromatic carbocycles. The first kappa shape index (κ1) is 29.6. The minimum Gasteiger partial charge on any atom is -0.482 e. The van der Waals surface area contributed by atoms with Gasteiger partial charge < -0.3 is 15.2 Å². The van der Waals surface area contributed by atoms with Crippen LogP contribution in [0.5, 0.6) is 5.75 Å². The van der Waals surface area contributed by atoms with Crippen molar-refractivity contribution in [3.05, 3.63) is 114 Å². The van der Waals surface area contributed by atoms with Crippen LogP contribution in [0.3, 0.4) is 0 Å². The number of carboxylic acid groups (broad SMARTS) is 1. The largest absolute Gasteiger partial charge is 0.482 e. The lowest BCUT2D eigenvalue weighted by Gasteiger charge is -2.26. The van der Waals surface area contributed by atoms with Gasteiger partial charge >= 0.3 is 12.1 Å². The lowest BCUT2D eigenvalue weighted by molar-refractivity contribution is -0.139. The van der Waals surface area contributed by atoms with Gasteiger partial charge in [0, 0.05) is 13.0 Å². The molecule has 1 aliphatic rings. The van der Waals surface area contributed by atoms with E-state index in [9.17, 15) is 31.2 Å². The van der Waals surface area contributed by atoms with Crippen molar-refractivity contribution in [1.29, 1.82) is 0 Å². The maximum absolute atomic E-state index is 13.9. The second-order valence-electron chi connectivity index (χ2n) is 9.80. The number of ether oxygens (including phenoxy) is 1. The van der Waals surface area contributed by atoms with Gasteiger partial charge in [0.2, 0.25) is 5.91 Å². The van der Waals surface area contributed by atoms with Gasteiger partial charge in [-0.15, -0.1) is 0 Å². The first-order valence-corrected chi connectivity index (χ1v) is 14.5. The Kier molecular flexibility index (Phi) is 8.14. The number of carbonyl (C=O) groups is 2. The summed E-state index contributed by atoms with van der Waals surface area (Å²) in [5.41, 5.74) is 1.60. The van der Waals surface area contributed by atoms with Crippen molar-refractivity contribution in [2.24, 2.45) is 0 Å². The van der Waals surface area contributed by atoms with E-state index in [1.54, 1.807) is 48.5 Å². The summed E-state index contributed by atoms with van der Waals surface area (Å²) < 4.78 is 73.5. The highest BCUT2D eigenvalue weighted by atomic mass is 32.2. The van der Waals surface area contributed by atoms with Gasteiger partial charge in [0.1, 0.15) is 11.8 Å². The van der Waals surface area contributed by atoms with Gasteiger partial charge in [-0.2, -0.15) is 13.2 Å². The number of hydrogen-bond acceptors (Lipinski definition) is 5. The number of fused-ring (bicyclic) bond motifs is 1. The Morgan fingerprint density at radius 3 is 2.28 bits per heavy atom. The third-order valence-electron chi connectivity index (χ3n) is 6.91. The van der Waals surface area contributed by atoms with Crippen LogP contribution >= 0.6 is 0 Å². The van der Waals surface area contributed by atoms with Crippen molar-refractivity contribution in [3.63, 3.8) is 0 Å². The number of aliphatic carboxylic acids is 1. The van der Waals surface area contributed by atoms with E-state index in [1.165, 1.54) is 36.4 Å². The van der Waals surface area contributed by atoms with Crippen LogP contribution in [0.1, 0.15) is 16.7 Å². The molecule has 2 N–H and O–H groups in total. The molecule has 0 bridgehead atoms. The molecule has 0 fully saturated rings. The quantitative estimate of drug-likeness (QED) is 0.267. The van der Waals surface area contributed by atoms with E-state index in [4.69, 9.17) is 9.84 Å². The summed E-state index contributed by atoms with van der Waals surface area (Å²) in [6.45, 7) is -0.402. The van der Waals surface area contributed by atoms with E-state index in [-0.39, 0.29) is 23.4 Å². The average Bonchev–Trinajstić information content (AvgIpc) is 3.40. The Balaban J connectivity index is 1.36. The Hall–Kier alpha value is -4.84. The minimum absolute atomic E-state index is 0.0878. The molecule has 0 saturated carbocycles. The van der Waals surface area contributed by atoms with E-state index in [0.717, 1.165) is 16.4 Å². The highest BCUT2D eigenvalue weighted by molar-refractivity contribution is 7.93. The summed E-state index contributed by atoms with van der Waals surface area (Å²) in [6, 6.07) is 22.4. The van der Waals surface area contributed by atoms with Crippen LogP contribution in [0.25, 0.3) is 11.1 Å². The van der Waals surface area contributed by atoms with Crippen LogP contribution in [-0.2, 0) is 38.8 Å². The molecule has 4 aromatic rings. The van der Waals surface area contributed by atoms with Gasteiger partial charge in [-0.25, -0.2) is 13.2 Å². The highest BCUT2D eigenvalue weighted by Crippen LogP contribution is 2.38. The van der Waals surface area contributed by atoms with Gasteiger partial charge in [0.15, 0.2) is 6.61 Å². The minimum atomic E-state index is -4.52. The molecule has 8 nitrogen and oxygen atoms in total. The van der Waals surface area contributed by atoms with Crippen molar-refractivity contribution < 1.29 is 41.0 Å². The third kappa shape index (κ3) is 6.49. The third-order valence-corrected chi connectivity index (χ3v) is 8.75. The number of sulfonamides is 1. The smallest absolute Gasteiger partial charge is 0.416 e. The Morgan fingerprint density at radius 2 is 1.60 bits per heavy atom. The topological polar surface area (TPSA) is 113 Å². The molecule has 0 saturated heterocycles. The monoisotopic (exact) mass is 610 g/mol. The number of nitrogens with one attached hydrogen (secondary N) is 1. The number of halogens is 3. The Bertz CT molecular complexity index is 1760. The molecule has 0 unspecified atom stereocenters. The number of alkyl halides is 3. The SMILES string of the molecule is O=C(O)COc1ccc(CNC(=O)[C@@H]2Cc3ccccc3N2S(=O)(=O)c2ccc(-c3cccc(C(F)(F)F)c3)cc2)cc1. The van der Waals surface area contributed by atoms with Gasteiger partial charge in [-0.3, -0.25) is 9.10 Å². The lowest BCUT2D eigenvalue weighted by Crippen LogP contribution is -2.47. The fourth-order valence-electron chi connectivity index (χ4n) is 4.82. The molecule has 1 amide bonds. The maximum Gasteiger partial charge on any atom is 0.416 e. The number of carbonyl (C=O) groups excluding carboxylic acids is 1. The predicted octanol–water partition coefficient (Wildman–Crippen LogP) is 5.27. The van der Waals surface area contributed by atoms with Gasteiger partial charge in [-0.05, 0) is 64.7 Å². The van der Waals surface area contributed by atoms with E-state index >= 15 is 0 Å². The number of benzene rings is 4. The molecule has 12 heteroatoms. The fraction of sp³-hybridized carbons (Fsp3) is 0.161. The predicted molar refractivity (Wildman–Crippen MR) is 152 cm³/mol. The summed E-state index contributed by atoms with van der Waals surface area (Å²) in [4.78, 5) is 23.9. The summed E-state index contributed by atoms with van der Waals surface area (Å²) in [5.74, 6) is -1.29. The van der Waals surface area contributed by atoms with Crippen molar-refractivity contribution >= 4 is 27.6 Å². The van der Waals surface area contributed by atoms with E-state index in [2.05, 4.69) is 5.32 Å². The summed E-state index contributed by atoms with van der Waals surface area (Å²) in [7, 11) is -4.25. The van der Waals surface area contributed by atoms with E-state index in [0.29, 0.717) is 28.1 Å². The molecule has 0 aromatic heterocycles. The van der Waals surface area contributed by atoms with Gasteiger partial charge in [0.05, 0.1) is 16.1 Å². The molecule has 1 heterocycles. The molecule has 5 rings (SSSR count). The number of anilines is 1. The number of nitrogens with zero attached hydrogens (tertiary/aromatic N) is 1. The Morgan fingerprint density at radius 1 is 0.907 bits per heavy atom. The van der Waals surface area contributed by atoms with E-state index in [1.807, 2.05) is 0 Å². The van der Waals surface area contributed by atoms with Crippen LogP contribution in [0, 0.1) is 0 Å². The lowest BCUT2D eigenvalue weighted by atomic mass is 10.0. The molecule has 1 atom stereocenters. The standard InChI is InChI=1S/C31H25F3N2O6S/c32-31(33,34)24-6-3-5-22(16-24)21-10-14-26(15-11-21)43(40,41)36-27-7-2-1-4-23(27)17-28(36)30(39)35-18-20-8-12-25(13-9-20)42-19-29(37)38/h1-16,28H,17-19H2,(H,35,39)(H,37,38)/t28-/m0/s1. The van der Waals surface area contributed by atoms with Crippen LogP contribution in [0.2, 0.25) is 0 Å². The van der Waals surface area contributed by atoms with Crippen molar-refractivity contribution in [3.8, 4) is 16.9 Å². The average molecular weight is 611 g/mol. The summed E-state index contributed by atoms with van der Waals surface area (Å²) in [5, 5.41) is 11.5. The van der Waals surface area contributed by atoms with Crippen LogP contribution in [-0.4, -0.2) is 38.0 Å². The first-order valence-electron chi connectivity index (χ1n) is 13.0. The number of rotatable bonds is 9. The second kappa shape index (κ2) is 11.8. The molecular weight excluding hydrogens is 585 g/mol. The van der Waals surface area contributed by atoms with Crippen molar-refractivity contribution in [1.82, 2.24) is 5.32 Å². The second-order valence-corrected chi connectivity index (χ2v) is 11.6. The van der Waals surface area contributed by atoms with Crippen molar-refractivity contribution in [2.45, 2.75) is 30.1 Å². The zero-order valence-corrected chi connectivity index (χ0v) is 23.2. The molecule has 1 aliphatic heterocycles. The number of para-hydroxylation sites is 1. The zero-order chi connectivity index (χ0) is 30.8. The molecule has 222 valence electrons. The van der Waals surface area contributed by atoms with Crippen LogP contribution in [0.15, 0.2) is 102 Å². The maximum atomic E-state index is 13.9.